The summed E-state index contributed by atoms with van der Waals surface area (Å²) in [5, 5.41) is 0. The van der Waals surface area contributed by atoms with Gasteiger partial charge in [-0.15, -0.1) is 0 Å². The van der Waals surface area contributed by atoms with Gasteiger partial charge >= 0.3 is 5.97 Å². The van der Waals surface area contributed by atoms with Crippen LogP contribution in [0.3, 0.4) is 0 Å². The van der Waals surface area contributed by atoms with Crippen LogP contribution in [-0.4, -0.2) is 12.6 Å². The van der Waals surface area contributed by atoms with Gasteiger partial charge in [0, 0.05) is 0 Å². The van der Waals surface area contributed by atoms with Crippen molar-refractivity contribution in [2.45, 2.75) is 39.5 Å². The van der Waals surface area contributed by atoms with Gasteiger partial charge in [-0.25, -0.2) is 0 Å². The Kier molecular flexibility index (Phi) is 2.44. The maximum absolute atomic E-state index is 12.2. The van der Waals surface area contributed by atoms with Crippen LogP contribution in [0.1, 0.15) is 39.5 Å². The molecule has 2 nitrogen and oxygen atoms in total. The summed E-state index contributed by atoms with van der Waals surface area (Å²) in [5.41, 5.74) is 0.549. The first kappa shape index (κ1) is 12.0. The number of ether oxygens (including phenoxy) is 1. The zero-order valence-corrected chi connectivity index (χ0v) is 12.0. The molecule has 3 saturated carbocycles. The Morgan fingerprint density at radius 2 is 2.11 bits per heavy atom. The Bertz CT molecular complexity index is 441. The molecule has 19 heavy (non-hydrogen) atoms. The Morgan fingerprint density at radius 1 is 1.26 bits per heavy atom. The average Bonchev–Trinajstić information content (AvgIpc) is 3.15. The van der Waals surface area contributed by atoms with Crippen molar-refractivity contribution in [1.82, 2.24) is 0 Å². The van der Waals surface area contributed by atoms with Gasteiger partial charge in [-0.2, -0.15) is 0 Å². The molecule has 0 aromatic heterocycles. The summed E-state index contributed by atoms with van der Waals surface area (Å²) in [4.78, 5) is 12.2. The molecule has 3 fully saturated rings. The van der Waals surface area contributed by atoms with Gasteiger partial charge in [0.25, 0.3) is 0 Å². The van der Waals surface area contributed by atoms with Gasteiger partial charge in [0.05, 0.1) is 12.5 Å². The van der Waals surface area contributed by atoms with Crippen LogP contribution in [0.25, 0.3) is 0 Å². The molecule has 0 spiro atoms. The monoisotopic (exact) mass is 260 g/mol. The zero-order chi connectivity index (χ0) is 13.2. The molecule has 4 aliphatic carbocycles. The van der Waals surface area contributed by atoms with E-state index in [9.17, 15) is 4.79 Å². The fraction of sp³-hybridized carbons (Fsp3) is 0.824. The highest BCUT2D eigenvalue weighted by Gasteiger charge is 2.69. The van der Waals surface area contributed by atoms with E-state index >= 15 is 0 Å². The molecule has 7 unspecified atom stereocenters. The third-order valence-corrected chi connectivity index (χ3v) is 6.92. The van der Waals surface area contributed by atoms with E-state index in [-0.39, 0.29) is 11.9 Å². The molecule has 4 rings (SSSR count). The van der Waals surface area contributed by atoms with E-state index in [4.69, 9.17) is 4.74 Å². The predicted molar refractivity (Wildman–Crippen MR) is 73.3 cm³/mol. The minimum absolute atomic E-state index is 0.0893. The van der Waals surface area contributed by atoms with Gasteiger partial charge < -0.3 is 4.74 Å². The largest absolute Gasteiger partial charge is 0.466 e. The van der Waals surface area contributed by atoms with Crippen molar-refractivity contribution >= 4 is 5.97 Å². The smallest absolute Gasteiger partial charge is 0.309 e. The molecule has 0 heterocycles. The van der Waals surface area contributed by atoms with E-state index < -0.39 is 0 Å². The Balaban J connectivity index is 1.66. The molecule has 0 radical (unpaired) electrons. The summed E-state index contributed by atoms with van der Waals surface area (Å²) in [6.07, 6.45) is 10.00. The van der Waals surface area contributed by atoms with E-state index in [1.165, 1.54) is 19.3 Å². The van der Waals surface area contributed by atoms with E-state index in [0.717, 1.165) is 30.1 Å². The molecule has 0 aromatic carbocycles. The second-order valence-corrected chi connectivity index (χ2v) is 7.07. The van der Waals surface area contributed by atoms with E-state index in [1.54, 1.807) is 0 Å². The minimum Gasteiger partial charge on any atom is -0.466 e. The summed E-state index contributed by atoms with van der Waals surface area (Å²) in [6, 6.07) is 0. The molecule has 0 aromatic rings. The van der Waals surface area contributed by atoms with Crippen LogP contribution in [0.5, 0.6) is 0 Å². The van der Waals surface area contributed by atoms with Crippen molar-refractivity contribution in [2.75, 3.05) is 6.61 Å². The van der Waals surface area contributed by atoms with Gasteiger partial charge in [0.1, 0.15) is 0 Å². The highest BCUT2D eigenvalue weighted by Crippen LogP contribution is 2.74. The minimum atomic E-state index is 0.0893. The second kappa shape index (κ2) is 3.86. The summed E-state index contributed by atoms with van der Waals surface area (Å²) >= 11 is 0. The molecule has 2 heteroatoms. The van der Waals surface area contributed by atoms with Gasteiger partial charge in [-0.1, -0.05) is 19.1 Å². The maximum Gasteiger partial charge on any atom is 0.309 e. The van der Waals surface area contributed by atoms with Crippen molar-refractivity contribution in [1.29, 1.82) is 0 Å². The Labute approximate surface area is 115 Å². The highest BCUT2D eigenvalue weighted by molar-refractivity contribution is 5.73. The quantitative estimate of drug-likeness (QED) is 0.441. The predicted octanol–water partition coefficient (Wildman–Crippen LogP) is 3.42. The highest BCUT2D eigenvalue weighted by atomic mass is 16.5. The van der Waals surface area contributed by atoms with Crippen molar-refractivity contribution in [3.8, 4) is 0 Å². The second-order valence-electron chi connectivity index (χ2n) is 7.07. The summed E-state index contributed by atoms with van der Waals surface area (Å²) in [7, 11) is 0. The van der Waals surface area contributed by atoms with Crippen LogP contribution in [0.2, 0.25) is 0 Å². The lowest BCUT2D eigenvalue weighted by atomic mass is 9.57. The van der Waals surface area contributed by atoms with Crippen LogP contribution >= 0.6 is 0 Å². The molecule has 0 saturated heterocycles. The molecular formula is C17H24O2. The third kappa shape index (κ3) is 1.26. The van der Waals surface area contributed by atoms with E-state index in [1.807, 2.05) is 6.92 Å². The van der Waals surface area contributed by atoms with Crippen LogP contribution < -0.4 is 0 Å². The first-order valence-electron chi connectivity index (χ1n) is 8.07. The van der Waals surface area contributed by atoms with Crippen LogP contribution in [0.15, 0.2) is 12.2 Å². The number of hydrogen-bond acceptors (Lipinski definition) is 2. The zero-order valence-electron chi connectivity index (χ0n) is 12.0. The summed E-state index contributed by atoms with van der Waals surface area (Å²) in [6.45, 7) is 4.82. The number of esters is 1. The third-order valence-electron chi connectivity index (χ3n) is 6.92. The van der Waals surface area contributed by atoms with Gasteiger partial charge in [-0.05, 0) is 67.6 Å². The van der Waals surface area contributed by atoms with Gasteiger partial charge in [-0.3, -0.25) is 4.79 Å². The van der Waals surface area contributed by atoms with E-state index in [2.05, 4.69) is 19.1 Å². The number of carbonyl (C=O) groups is 1. The van der Waals surface area contributed by atoms with Crippen LogP contribution in [-0.2, 0) is 9.53 Å². The van der Waals surface area contributed by atoms with Crippen LogP contribution in [0, 0.1) is 40.9 Å². The normalized spacial score (nSPS) is 52.7. The lowest BCUT2D eigenvalue weighted by Gasteiger charge is -2.46. The maximum atomic E-state index is 12.2. The fourth-order valence-electron chi connectivity index (χ4n) is 6.54. The number of allylic oxidation sites excluding steroid dienone is 2. The lowest BCUT2D eigenvalue weighted by Crippen LogP contribution is -2.43. The first-order chi connectivity index (χ1) is 9.22. The van der Waals surface area contributed by atoms with E-state index in [0.29, 0.717) is 17.9 Å². The van der Waals surface area contributed by atoms with Gasteiger partial charge in [0.2, 0.25) is 0 Å². The Hall–Kier alpha value is -0.790. The van der Waals surface area contributed by atoms with Crippen molar-refractivity contribution in [3.63, 3.8) is 0 Å². The summed E-state index contributed by atoms with van der Waals surface area (Å²) < 4.78 is 5.32. The van der Waals surface area contributed by atoms with Crippen molar-refractivity contribution < 1.29 is 9.53 Å². The molecule has 4 bridgehead atoms. The number of hydrogen-bond donors (Lipinski definition) is 0. The number of carbonyl (C=O) groups excluding carboxylic acids is 1. The Morgan fingerprint density at radius 3 is 2.84 bits per heavy atom. The molecular weight excluding hydrogens is 236 g/mol. The van der Waals surface area contributed by atoms with Gasteiger partial charge in [0.15, 0.2) is 0 Å². The fourth-order valence-corrected chi connectivity index (χ4v) is 6.54. The first-order valence-corrected chi connectivity index (χ1v) is 8.07. The summed E-state index contributed by atoms with van der Waals surface area (Å²) in [5.74, 6) is 4.04. The standard InChI is InChI=1S/C17H24O2/c1-3-17-11-6-5-10(7-11)15(17)13-8-12(17)9-14(13)16(18)19-4-2/h5-6,10-15H,3-4,7-9H2,1-2H3. The lowest BCUT2D eigenvalue weighted by molar-refractivity contribution is -0.152. The number of rotatable bonds is 3. The molecule has 0 N–H and O–H groups in total. The molecule has 0 amide bonds. The molecule has 0 aliphatic heterocycles. The SMILES string of the molecule is CCOC(=O)C1CC2CC1C1C3C=CC(C3)C21CC. The van der Waals surface area contributed by atoms with Crippen molar-refractivity contribution in [3.05, 3.63) is 12.2 Å². The number of fused-ring (bicyclic) bond motifs is 9. The topological polar surface area (TPSA) is 26.3 Å². The molecule has 4 aliphatic rings. The average molecular weight is 260 g/mol. The molecule has 104 valence electrons. The van der Waals surface area contributed by atoms with Crippen molar-refractivity contribution in [2.24, 2.45) is 40.9 Å². The van der Waals surface area contributed by atoms with Crippen LogP contribution in [0.4, 0.5) is 0 Å². The molecule has 7 atom stereocenters.